The molecule has 0 aliphatic carbocycles. The molecule has 154 valence electrons. The largest absolute Gasteiger partial charge is 0.416 e. The average Bonchev–Trinajstić information content (AvgIpc) is 3.35. The molecule has 0 spiro atoms. The van der Waals surface area contributed by atoms with E-state index in [4.69, 9.17) is 0 Å². The Hall–Kier alpha value is -2.39. The van der Waals surface area contributed by atoms with Gasteiger partial charge >= 0.3 is 6.18 Å². The number of hydrogen-bond acceptors (Lipinski definition) is 5. The first-order valence-electron chi connectivity index (χ1n) is 9.47. The molecule has 2 aromatic heterocycles. The minimum Gasteiger partial charge on any atom is -0.354 e. The van der Waals surface area contributed by atoms with Crippen molar-refractivity contribution in [3.8, 4) is 10.4 Å². The molecular formula is C20H21F3N4OS. The van der Waals surface area contributed by atoms with Crippen LogP contribution in [0.25, 0.3) is 20.7 Å². The Morgan fingerprint density at radius 1 is 1.21 bits per heavy atom. The summed E-state index contributed by atoms with van der Waals surface area (Å²) >= 11 is 1.16. The van der Waals surface area contributed by atoms with Gasteiger partial charge in [0.15, 0.2) is 0 Å². The first-order valence-corrected chi connectivity index (χ1v) is 10.3. The molecule has 0 amide bonds. The van der Waals surface area contributed by atoms with Crippen molar-refractivity contribution >= 4 is 27.5 Å². The Labute approximate surface area is 169 Å². The van der Waals surface area contributed by atoms with Crippen molar-refractivity contribution in [2.24, 2.45) is 7.05 Å². The molecule has 4 rings (SSSR count). The third kappa shape index (κ3) is 4.16. The van der Waals surface area contributed by atoms with Crippen molar-refractivity contribution in [3.63, 3.8) is 0 Å². The van der Waals surface area contributed by atoms with E-state index in [2.05, 4.69) is 15.2 Å². The Kier molecular flexibility index (Phi) is 5.35. The molecule has 0 bridgehead atoms. The van der Waals surface area contributed by atoms with Crippen LogP contribution in [0.3, 0.4) is 0 Å². The van der Waals surface area contributed by atoms with Crippen molar-refractivity contribution in [2.75, 3.05) is 31.5 Å². The predicted molar refractivity (Wildman–Crippen MR) is 109 cm³/mol. The molecule has 0 saturated carbocycles. The molecule has 1 aliphatic heterocycles. The number of fused-ring (bicyclic) bond motifs is 1. The van der Waals surface area contributed by atoms with E-state index in [-0.39, 0.29) is 5.56 Å². The van der Waals surface area contributed by atoms with Crippen LogP contribution in [0.5, 0.6) is 0 Å². The summed E-state index contributed by atoms with van der Waals surface area (Å²) in [7, 11) is 1.65. The minimum atomic E-state index is -4.41. The zero-order chi connectivity index (χ0) is 20.6. The van der Waals surface area contributed by atoms with E-state index >= 15 is 0 Å². The first kappa shape index (κ1) is 19.9. The summed E-state index contributed by atoms with van der Waals surface area (Å²) in [5.41, 5.74) is 0.00193. The van der Waals surface area contributed by atoms with Gasteiger partial charge in [-0.3, -0.25) is 9.36 Å². The van der Waals surface area contributed by atoms with E-state index in [9.17, 15) is 18.0 Å². The lowest BCUT2D eigenvalue weighted by Gasteiger charge is -2.16. The summed E-state index contributed by atoms with van der Waals surface area (Å²) in [4.78, 5) is 20.2. The molecule has 1 aliphatic rings. The second-order valence-corrected chi connectivity index (χ2v) is 8.23. The highest BCUT2D eigenvalue weighted by Gasteiger charge is 2.30. The van der Waals surface area contributed by atoms with Gasteiger partial charge in [-0.1, -0.05) is 12.1 Å². The molecule has 3 aromatic rings. The zero-order valence-corrected chi connectivity index (χ0v) is 16.7. The van der Waals surface area contributed by atoms with Crippen molar-refractivity contribution < 1.29 is 13.2 Å². The molecule has 1 aromatic carbocycles. The highest BCUT2D eigenvalue weighted by Crippen LogP contribution is 2.35. The lowest BCUT2D eigenvalue weighted by molar-refractivity contribution is -0.137. The maximum absolute atomic E-state index is 13.0. The van der Waals surface area contributed by atoms with Gasteiger partial charge < -0.3 is 10.2 Å². The molecule has 5 nitrogen and oxygen atoms in total. The predicted octanol–water partition coefficient (Wildman–Crippen LogP) is 4.19. The maximum atomic E-state index is 13.0. The topological polar surface area (TPSA) is 50.2 Å². The Morgan fingerprint density at radius 2 is 1.97 bits per heavy atom. The van der Waals surface area contributed by atoms with Gasteiger partial charge in [0.05, 0.1) is 11.1 Å². The van der Waals surface area contributed by atoms with Gasteiger partial charge in [-0.05, 0) is 49.7 Å². The summed E-state index contributed by atoms with van der Waals surface area (Å²) in [6.07, 6.45) is -1.97. The van der Waals surface area contributed by atoms with Crippen molar-refractivity contribution in [1.82, 2.24) is 14.5 Å². The second kappa shape index (κ2) is 7.79. The van der Waals surface area contributed by atoms with E-state index in [1.807, 2.05) is 0 Å². The number of rotatable bonds is 5. The normalized spacial score (nSPS) is 15.3. The molecule has 0 atom stereocenters. The standard InChI is InChI=1S/C20H21F3N4OS/c1-26-18(28)17-15(25-19(26)24-7-10-27-8-2-3-9-27)12-16(29-17)13-5-4-6-14(11-13)20(21,22)23/h4-6,11-12H,2-3,7-10H2,1H3,(H,24,25). The number of anilines is 1. The van der Waals surface area contributed by atoms with E-state index in [0.29, 0.717) is 33.2 Å². The van der Waals surface area contributed by atoms with Gasteiger partial charge in [-0.2, -0.15) is 13.2 Å². The highest BCUT2D eigenvalue weighted by molar-refractivity contribution is 7.22. The van der Waals surface area contributed by atoms with Crippen LogP contribution < -0.4 is 10.9 Å². The number of hydrogen-bond donors (Lipinski definition) is 1. The Balaban J connectivity index is 1.62. The van der Waals surface area contributed by atoms with Crippen LogP contribution in [-0.4, -0.2) is 40.6 Å². The SMILES string of the molecule is Cn1c(NCCN2CCCC2)nc2cc(-c3cccc(C(F)(F)F)c3)sc2c1=O. The summed E-state index contributed by atoms with van der Waals surface area (Å²) < 4.78 is 40.9. The van der Waals surface area contributed by atoms with E-state index in [1.54, 1.807) is 19.2 Å². The molecule has 0 radical (unpaired) electrons. The van der Waals surface area contributed by atoms with Gasteiger partial charge in [0, 0.05) is 25.0 Å². The van der Waals surface area contributed by atoms with E-state index in [0.717, 1.165) is 43.1 Å². The van der Waals surface area contributed by atoms with Crippen LogP contribution in [-0.2, 0) is 13.2 Å². The third-order valence-electron chi connectivity index (χ3n) is 5.14. The van der Waals surface area contributed by atoms with Crippen LogP contribution in [0.2, 0.25) is 0 Å². The number of alkyl halides is 3. The molecule has 9 heteroatoms. The molecule has 1 N–H and O–H groups in total. The molecule has 1 fully saturated rings. The van der Waals surface area contributed by atoms with Crippen LogP contribution >= 0.6 is 11.3 Å². The summed E-state index contributed by atoms with van der Waals surface area (Å²) in [6.45, 7) is 3.75. The number of likely N-dealkylation sites (tertiary alicyclic amines) is 1. The van der Waals surface area contributed by atoms with Gasteiger partial charge in [0.25, 0.3) is 5.56 Å². The first-order chi connectivity index (χ1) is 13.8. The average molecular weight is 422 g/mol. The summed E-state index contributed by atoms with van der Waals surface area (Å²) in [5.74, 6) is 0.468. The van der Waals surface area contributed by atoms with Gasteiger partial charge in [-0.25, -0.2) is 4.98 Å². The molecule has 1 saturated heterocycles. The second-order valence-electron chi connectivity index (χ2n) is 7.18. The molecule has 29 heavy (non-hydrogen) atoms. The highest BCUT2D eigenvalue weighted by atomic mass is 32.1. The van der Waals surface area contributed by atoms with E-state index in [1.165, 1.54) is 23.5 Å². The number of nitrogens with one attached hydrogen (secondary N) is 1. The van der Waals surface area contributed by atoms with Crippen molar-refractivity contribution in [1.29, 1.82) is 0 Å². The van der Waals surface area contributed by atoms with Gasteiger partial charge in [-0.15, -0.1) is 11.3 Å². The Bertz CT molecular complexity index is 1080. The number of halogens is 3. The monoisotopic (exact) mass is 422 g/mol. The fourth-order valence-electron chi connectivity index (χ4n) is 3.54. The Morgan fingerprint density at radius 3 is 2.69 bits per heavy atom. The quantitative estimate of drug-likeness (QED) is 0.670. The van der Waals surface area contributed by atoms with Crippen LogP contribution in [0.15, 0.2) is 35.1 Å². The smallest absolute Gasteiger partial charge is 0.354 e. The lowest BCUT2D eigenvalue weighted by Crippen LogP contribution is -2.28. The number of aromatic nitrogens is 2. The van der Waals surface area contributed by atoms with Crippen LogP contribution in [0, 0.1) is 0 Å². The summed E-state index contributed by atoms with van der Waals surface area (Å²) in [6, 6.07) is 6.81. The van der Waals surface area contributed by atoms with E-state index < -0.39 is 11.7 Å². The lowest BCUT2D eigenvalue weighted by atomic mass is 10.1. The van der Waals surface area contributed by atoms with Crippen molar-refractivity contribution in [3.05, 3.63) is 46.2 Å². The fraction of sp³-hybridized carbons (Fsp3) is 0.400. The number of nitrogens with zero attached hydrogens (tertiary/aromatic N) is 3. The fourth-order valence-corrected chi connectivity index (χ4v) is 4.61. The minimum absolute atomic E-state index is 0.207. The van der Waals surface area contributed by atoms with Crippen molar-refractivity contribution in [2.45, 2.75) is 19.0 Å². The summed E-state index contributed by atoms with van der Waals surface area (Å²) in [5, 5.41) is 3.22. The molecule has 0 unspecified atom stereocenters. The molecular weight excluding hydrogens is 401 g/mol. The van der Waals surface area contributed by atoms with Gasteiger partial charge in [0.1, 0.15) is 4.70 Å². The van der Waals surface area contributed by atoms with Gasteiger partial charge in [0.2, 0.25) is 5.95 Å². The number of thiophene rings is 1. The van der Waals surface area contributed by atoms with Crippen LogP contribution in [0.1, 0.15) is 18.4 Å². The van der Waals surface area contributed by atoms with Crippen LogP contribution in [0.4, 0.5) is 19.1 Å². The number of benzene rings is 1. The molecule has 3 heterocycles. The third-order valence-corrected chi connectivity index (χ3v) is 6.30. The maximum Gasteiger partial charge on any atom is 0.416 e. The zero-order valence-electron chi connectivity index (χ0n) is 15.9.